The van der Waals surface area contributed by atoms with Crippen LogP contribution in [-0.2, 0) is 14.0 Å². The molecule has 0 bridgehead atoms. The molecule has 0 spiro atoms. The van der Waals surface area contributed by atoms with E-state index < -0.39 is 13.7 Å². The summed E-state index contributed by atoms with van der Waals surface area (Å²) >= 11 is 0. The second kappa shape index (κ2) is 7.76. The Labute approximate surface area is 129 Å². The molecule has 0 aliphatic carbocycles. The Morgan fingerprint density at radius 2 is 1.62 bits per heavy atom. The molecule has 0 aliphatic rings. The van der Waals surface area contributed by atoms with Gasteiger partial charge >= 0.3 is 5.97 Å². The number of rotatable bonds is 7. The Bertz CT molecular complexity index is 435. The van der Waals surface area contributed by atoms with Crippen molar-refractivity contribution in [2.24, 2.45) is 5.41 Å². The molecule has 0 unspecified atom stereocenters. The van der Waals surface area contributed by atoms with E-state index in [9.17, 15) is 4.79 Å². The molecule has 0 aliphatic heterocycles. The Balaban J connectivity index is 2.21. The Hall–Kier alpha value is -1.13. The van der Waals surface area contributed by atoms with Gasteiger partial charge in [-0.25, -0.2) is 0 Å². The number of carbonyl (C=O) groups excluding carboxylic acids is 1. The minimum atomic E-state index is -1.80. The molecule has 3 nitrogen and oxygen atoms in total. The summed E-state index contributed by atoms with van der Waals surface area (Å²) in [5.41, 5.74) is -0.418. The average molecular weight is 308 g/mol. The standard InChI is InChI=1S/C17H28O3Si/c1-17(2,3)16(18)19-13-9-10-14-20-21(4,5)15-11-7-6-8-12-15/h6-8,11-12H,9-10,13-14H2,1-5H3. The van der Waals surface area contributed by atoms with Gasteiger partial charge in [-0.3, -0.25) is 4.79 Å². The largest absolute Gasteiger partial charge is 0.465 e. The van der Waals surface area contributed by atoms with Crippen molar-refractivity contribution >= 4 is 19.5 Å². The number of benzene rings is 1. The van der Waals surface area contributed by atoms with E-state index in [2.05, 4.69) is 37.4 Å². The third-order valence-corrected chi connectivity index (χ3v) is 5.97. The predicted molar refractivity (Wildman–Crippen MR) is 89.2 cm³/mol. The van der Waals surface area contributed by atoms with Crippen LogP contribution in [0.15, 0.2) is 30.3 Å². The van der Waals surface area contributed by atoms with Gasteiger partial charge in [0.05, 0.1) is 12.0 Å². The van der Waals surface area contributed by atoms with Crippen molar-refractivity contribution in [3.63, 3.8) is 0 Å². The van der Waals surface area contributed by atoms with Gasteiger partial charge in [-0.2, -0.15) is 0 Å². The molecule has 118 valence electrons. The third kappa shape index (κ3) is 6.44. The highest BCUT2D eigenvalue weighted by Gasteiger charge is 2.25. The topological polar surface area (TPSA) is 35.5 Å². The number of carbonyl (C=O) groups is 1. The smallest absolute Gasteiger partial charge is 0.311 e. The molecule has 0 atom stereocenters. The van der Waals surface area contributed by atoms with Crippen molar-refractivity contribution < 1.29 is 14.0 Å². The lowest BCUT2D eigenvalue weighted by atomic mass is 9.97. The number of hydrogen-bond donors (Lipinski definition) is 0. The van der Waals surface area contributed by atoms with Crippen LogP contribution >= 0.6 is 0 Å². The van der Waals surface area contributed by atoms with Crippen LogP contribution in [0.1, 0.15) is 33.6 Å². The summed E-state index contributed by atoms with van der Waals surface area (Å²) in [7, 11) is -1.80. The van der Waals surface area contributed by atoms with Crippen molar-refractivity contribution in [3.05, 3.63) is 30.3 Å². The fraction of sp³-hybridized carbons (Fsp3) is 0.588. The number of unbranched alkanes of at least 4 members (excludes halogenated alkanes) is 1. The van der Waals surface area contributed by atoms with Gasteiger partial charge in [0.15, 0.2) is 0 Å². The number of ether oxygens (including phenoxy) is 1. The molecule has 0 saturated heterocycles. The molecule has 4 heteroatoms. The van der Waals surface area contributed by atoms with Crippen LogP contribution < -0.4 is 5.19 Å². The lowest BCUT2D eigenvalue weighted by Gasteiger charge is -2.23. The van der Waals surface area contributed by atoms with Crippen LogP contribution in [0, 0.1) is 5.41 Å². The van der Waals surface area contributed by atoms with Crippen LogP contribution in [0.25, 0.3) is 0 Å². The monoisotopic (exact) mass is 308 g/mol. The fourth-order valence-corrected chi connectivity index (χ4v) is 3.65. The molecule has 0 fully saturated rings. The van der Waals surface area contributed by atoms with Crippen LogP contribution in [0.5, 0.6) is 0 Å². The molecular formula is C17H28O3Si. The lowest BCUT2D eigenvalue weighted by Crippen LogP contribution is -2.44. The molecule has 21 heavy (non-hydrogen) atoms. The van der Waals surface area contributed by atoms with E-state index >= 15 is 0 Å². The van der Waals surface area contributed by atoms with Gasteiger partial charge < -0.3 is 9.16 Å². The molecule has 0 radical (unpaired) electrons. The average Bonchev–Trinajstić information content (AvgIpc) is 2.42. The van der Waals surface area contributed by atoms with Crippen molar-refractivity contribution in [2.45, 2.75) is 46.7 Å². The molecule has 1 aromatic rings. The maximum Gasteiger partial charge on any atom is 0.311 e. The molecule has 0 N–H and O–H groups in total. The van der Waals surface area contributed by atoms with Crippen molar-refractivity contribution in [1.29, 1.82) is 0 Å². The minimum Gasteiger partial charge on any atom is -0.465 e. The lowest BCUT2D eigenvalue weighted by molar-refractivity contribution is -0.153. The highest BCUT2D eigenvalue weighted by Crippen LogP contribution is 2.15. The van der Waals surface area contributed by atoms with E-state index in [4.69, 9.17) is 9.16 Å². The minimum absolute atomic E-state index is 0.137. The fourth-order valence-electron chi connectivity index (χ4n) is 1.84. The molecule has 0 heterocycles. The van der Waals surface area contributed by atoms with Crippen LogP contribution in [0.4, 0.5) is 0 Å². The summed E-state index contributed by atoms with van der Waals surface area (Å²) < 4.78 is 11.3. The van der Waals surface area contributed by atoms with E-state index in [1.807, 2.05) is 26.8 Å². The summed E-state index contributed by atoms with van der Waals surface area (Å²) in [6.07, 6.45) is 1.77. The Morgan fingerprint density at radius 1 is 1.05 bits per heavy atom. The van der Waals surface area contributed by atoms with Gasteiger partial charge in [0.2, 0.25) is 8.32 Å². The summed E-state index contributed by atoms with van der Waals surface area (Å²) in [4.78, 5) is 11.6. The van der Waals surface area contributed by atoms with Crippen molar-refractivity contribution in [1.82, 2.24) is 0 Å². The SMILES string of the molecule is CC(C)(C)C(=O)OCCCCO[Si](C)(C)c1ccccc1. The first-order chi connectivity index (χ1) is 9.73. The number of esters is 1. The first-order valence-electron chi connectivity index (χ1n) is 7.60. The molecule has 0 saturated carbocycles. The van der Waals surface area contributed by atoms with E-state index in [1.165, 1.54) is 5.19 Å². The Kier molecular flexibility index (Phi) is 6.62. The van der Waals surface area contributed by atoms with E-state index in [0.29, 0.717) is 6.61 Å². The van der Waals surface area contributed by atoms with Crippen molar-refractivity contribution in [3.8, 4) is 0 Å². The Morgan fingerprint density at radius 3 is 2.19 bits per heavy atom. The van der Waals surface area contributed by atoms with Gasteiger partial charge in [0.1, 0.15) is 0 Å². The van der Waals surface area contributed by atoms with E-state index in [-0.39, 0.29) is 5.97 Å². The number of hydrogen-bond acceptors (Lipinski definition) is 3. The summed E-state index contributed by atoms with van der Waals surface area (Å²) in [6, 6.07) is 10.4. The van der Waals surface area contributed by atoms with Crippen LogP contribution in [-0.4, -0.2) is 27.5 Å². The molecule has 1 aromatic carbocycles. The molecular weight excluding hydrogens is 280 g/mol. The van der Waals surface area contributed by atoms with Gasteiger partial charge in [-0.1, -0.05) is 30.3 Å². The van der Waals surface area contributed by atoms with Crippen molar-refractivity contribution in [2.75, 3.05) is 13.2 Å². The predicted octanol–water partition coefficient (Wildman–Crippen LogP) is 3.48. The highest BCUT2D eigenvalue weighted by molar-refractivity contribution is 6.84. The quantitative estimate of drug-likeness (QED) is 0.439. The molecule has 0 aromatic heterocycles. The summed E-state index contributed by atoms with van der Waals surface area (Å²) in [5, 5.41) is 1.31. The maximum atomic E-state index is 11.6. The highest BCUT2D eigenvalue weighted by atomic mass is 28.4. The molecule has 0 amide bonds. The van der Waals surface area contributed by atoms with E-state index in [0.717, 1.165) is 19.4 Å². The zero-order valence-electron chi connectivity index (χ0n) is 13.9. The first kappa shape index (κ1) is 17.9. The van der Waals surface area contributed by atoms with Crippen LogP contribution in [0.2, 0.25) is 13.1 Å². The normalized spacial score (nSPS) is 12.2. The van der Waals surface area contributed by atoms with Gasteiger partial charge in [0.25, 0.3) is 0 Å². The van der Waals surface area contributed by atoms with Crippen LogP contribution in [0.3, 0.4) is 0 Å². The van der Waals surface area contributed by atoms with Gasteiger partial charge in [0, 0.05) is 6.61 Å². The zero-order valence-corrected chi connectivity index (χ0v) is 14.9. The molecule has 1 rings (SSSR count). The zero-order chi connectivity index (χ0) is 15.9. The van der Waals surface area contributed by atoms with Gasteiger partial charge in [-0.15, -0.1) is 0 Å². The maximum absolute atomic E-state index is 11.6. The van der Waals surface area contributed by atoms with E-state index in [1.54, 1.807) is 0 Å². The second-order valence-electron chi connectivity index (χ2n) is 6.82. The van der Waals surface area contributed by atoms with Gasteiger partial charge in [-0.05, 0) is 51.9 Å². The third-order valence-electron chi connectivity index (χ3n) is 3.32. The summed E-state index contributed by atoms with van der Waals surface area (Å²) in [5.74, 6) is -0.137. The first-order valence-corrected chi connectivity index (χ1v) is 10.5. The second-order valence-corrected chi connectivity index (χ2v) is 10.7. The summed E-state index contributed by atoms with van der Waals surface area (Å²) in [6.45, 7) is 11.2.